The topological polar surface area (TPSA) is 89.3 Å². The predicted octanol–water partition coefficient (Wildman–Crippen LogP) is 2.32. The summed E-state index contributed by atoms with van der Waals surface area (Å²) in [5, 5.41) is 8.36. The molecular weight excluding hydrogens is 336 g/mol. The molecular formula is C16H15ClN2O3S. The van der Waals surface area contributed by atoms with Crippen LogP contribution in [0.2, 0.25) is 5.02 Å². The molecule has 0 bridgehead atoms. The molecule has 0 aliphatic rings. The van der Waals surface area contributed by atoms with Gasteiger partial charge in [-0.25, -0.2) is 13.6 Å². The number of carbonyl (C=O) groups is 1. The minimum Gasteiger partial charge on any atom is -0.348 e. The van der Waals surface area contributed by atoms with Crippen LogP contribution in [0.25, 0.3) is 6.08 Å². The lowest BCUT2D eigenvalue weighted by atomic mass is 10.2. The Labute approximate surface area is 139 Å². The zero-order valence-electron chi connectivity index (χ0n) is 12.1. The highest BCUT2D eigenvalue weighted by molar-refractivity contribution is 7.89. The average Bonchev–Trinajstić information content (AvgIpc) is 2.52. The molecule has 0 saturated heterocycles. The summed E-state index contributed by atoms with van der Waals surface area (Å²) >= 11 is 5.78. The van der Waals surface area contributed by atoms with Crippen LogP contribution >= 0.6 is 11.6 Å². The minimum atomic E-state index is -3.70. The molecule has 0 fully saturated rings. The molecule has 23 heavy (non-hydrogen) atoms. The van der Waals surface area contributed by atoms with Gasteiger partial charge in [-0.3, -0.25) is 4.79 Å². The maximum Gasteiger partial charge on any atom is 0.244 e. The number of nitrogens with two attached hydrogens (primary N) is 1. The van der Waals surface area contributed by atoms with E-state index in [-0.39, 0.29) is 17.3 Å². The largest absolute Gasteiger partial charge is 0.348 e. The molecule has 1 amide bonds. The second-order valence-electron chi connectivity index (χ2n) is 4.79. The summed E-state index contributed by atoms with van der Waals surface area (Å²) in [7, 11) is -3.70. The van der Waals surface area contributed by atoms with Crippen molar-refractivity contribution in [2.45, 2.75) is 11.4 Å². The molecule has 0 heterocycles. The third-order valence-electron chi connectivity index (χ3n) is 3.02. The SMILES string of the molecule is NS(=O)(=O)c1ccc(CNC(=O)/C=C/c2ccc(Cl)cc2)cc1. The van der Waals surface area contributed by atoms with Gasteiger partial charge in [0.25, 0.3) is 0 Å². The first kappa shape index (κ1) is 17.2. The van der Waals surface area contributed by atoms with Gasteiger partial charge in [-0.15, -0.1) is 0 Å². The van der Waals surface area contributed by atoms with Crippen molar-refractivity contribution in [3.05, 3.63) is 70.8 Å². The molecule has 2 rings (SSSR count). The van der Waals surface area contributed by atoms with Crippen LogP contribution in [0.5, 0.6) is 0 Å². The zero-order valence-corrected chi connectivity index (χ0v) is 13.6. The Morgan fingerprint density at radius 1 is 1.09 bits per heavy atom. The Kier molecular flexibility index (Phi) is 5.54. The number of hydrogen-bond acceptors (Lipinski definition) is 3. The molecule has 0 aromatic heterocycles. The summed E-state index contributed by atoms with van der Waals surface area (Å²) in [4.78, 5) is 11.8. The molecule has 2 aromatic rings. The van der Waals surface area contributed by atoms with Gasteiger partial charge in [0.2, 0.25) is 15.9 Å². The molecule has 0 atom stereocenters. The van der Waals surface area contributed by atoms with Crippen molar-refractivity contribution in [1.29, 1.82) is 0 Å². The third kappa shape index (κ3) is 5.52. The average molecular weight is 351 g/mol. The fourth-order valence-corrected chi connectivity index (χ4v) is 2.43. The van der Waals surface area contributed by atoms with E-state index in [9.17, 15) is 13.2 Å². The first-order valence-electron chi connectivity index (χ1n) is 6.68. The number of rotatable bonds is 5. The summed E-state index contributed by atoms with van der Waals surface area (Å²) in [5.74, 6) is -0.254. The van der Waals surface area contributed by atoms with E-state index in [0.29, 0.717) is 5.02 Å². The number of benzene rings is 2. The number of primary sulfonamides is 1. The molecule has 0 unspecified atom stereocenters. The molecule has 5 nitrogen and oxygen atoms in total. The Morgan fingerprint density at radius 3 is 2.26 bits per heavy atom. The second-order valence-corrected chi connectivity index (χ2v) is 6.79. The van der Waals surface area contributed by atoms with Crippen molar-refractivity contribution in [2.24, 2.45) is 5.14 Å². The standard InChI is InChI=1S/C16H15ClN2O3S/c17-14-6-1-12(2-7-14)5-10-16(20)19-11-13-3-8-15(9-4-13)23(18,21)22/h1-10H,11H2,(H,19,20)(H2,18,21,22)/b10-5+. The lowest BCUT2D eigenvalue weighted by Crippen LogP contribution is -2.20. The van der Waals surface area contributed by atoms with E-state index in [1.165, 1.54) is 18.2 Å². The van der Waals surface area contributed by atoms with Gasteiger partial charge in [0.15, 0.2) is 0 Å². The maximum atomic E-state index is 11.7. The van der Waals surface area contributed by atoms with Crippen LogP contribution in [0.1, 0.15) is 11.1 Å². The first-order chi connectivity index (χ1) is 10.8. The van der Waals surface area contributed by atoms with Gasteiger partial charge in [0, 0.05) is 17.6 Å². The van der Waals surface area contributed by atoms with Crippen LogP contribution in [-0.4, -0.2) is 14.3 Å². The zero-order chi connectivity index (χ0) is 16.9. The Balaban J connectivity index is 1.90. The van der Waals surface area contributed by atoms with E-state index in [1.54, 1.807) is 42.5 Å². The van der Waals surface area contributed by atoms with E-state index in [4.69, 9.17) is 16.7 Å². The van der Waals surface area contributed by atoms with Crippen molar-refractivity contribution in [1.82, 2.24) is 5.32 Å². The Bertz CT molecular complexity index is 813. The molecule has 7 heteroatoms. The van der Waals surface area contributed by atoms with Crippen molar-refractivity contribution in [3.63, 3.8) is 0 Å². The number of hydrogen-bond donors (Lipinski definition) is 2. The number of nitrogens with one attached hydrogen (secondary N) is 1. The predicted molar refractivity (Wildman–Crippen MR) is 90.1 cm³/mol. The Morgan fingerprint density at radius 2 is 1.70 bits per heavy atom. The monoisotopic (exact) mass is 350 g/mol. The van der Waals surface area contributed by atoms with Crippen LogP contribution < -0.4 is 10.5 Å². The number of carbonyl (C=O) groups excluding carboxylic acids is 1. The van der Waals surface area contributed by atoms with Crippen molar-refractivity contribution < 1.29 is 13.2 Å². The molecule has 0 aliphatic heterocycles. The maximum absolute atomic E-state index is 11.7. The van der Waals surface area contributed by atoms with Gasteiger partial charge < -0.3 is 5.32 Å². The molecule has 2 aromatic carbocycles. The smallest absolute Gasteiger partial charge is 0.244 e. The highest BCUT2D eigenvalue weighted by Gasteiger charge is 2.06. The van der Waals surface area contributed by atoms with Crippen molar-refractivity contribution in [3.8, 4) is 0 Å². The molecule has 0 spiro atoms. The van der Waals surface area contributed by atoms with E-state index in [2.05, 4.69) is 5.32 Å². The summed E-state index contributed by atoms with van der Waals surface area (Å²) in [6.45, 7) is 0.286. The van der Waals surface area contributed by atoms with Gasteiger partial charge in [0.05, 0.1) is 4.90 Å². The van der Waals surface area contributed by atoms with Crippen LogP contribution in [0.15, 0.2) is 59.5 Å². The van der Waals surface area contributed by atoms with E-state index < -0.39 is 10.0 Å². The number of halogens is 1. The van der Waals surface area contributed by atoms with E-state index in [1.807, 2.05) is 0 Å². The summed E-state index contributed by atoms with van der Waals surface area (Å²) in [6, 6.07) is 13.1. The Hall–Kier alpha value is -2.15. The molecule has 3 N–H and O–H groups in total. The minimum absolute atomic E-state index is 0.0372. The highest BCUT2D eigenvalue weighted by atomic mass is 35.5. The lowest BCUT2D eigenvalue weighted by Gasteiger charge is -2.04. The normalized spacial score (nSPS) is 11.6. The van der Waals surface area contributed by atoms with Crippen LogP contribution in [0, 0.1) is 0 Å². The number of amides is 1. The van der Waals surface area contributed by atoms with Crippen LogP contribution in [-0.2, 0) is 21.4 Å². The van der Waals surface area contributed by atoms with Crippen molar-refractivity contribution in [2.75, 3.05) is 0 Å². The fourth-order valence-electron chi connectivity index (χ4n) is 1.79. The van der Waals surface area contributed by atoms with E-state index >= 15 is 0 Å². The summed E-state index contributed by atoms with van der Waals surface area (Å²) in [5.41, 5.74) is 1.63. The van der Waals surface area contributed by atoms with Gasteiger partial charge in [0.1, 0.15) is 0 Å². The summed E-state index contributed by atoms with van der Waals surface area (Å²) < 4.78 is 22.3. The molecule has 0 saturated carbocycles. The quantitative estimate of drug-likeness (QED) is 0.811. The summed E-state index contributed by atoms with van der Waals surface area (Å²) in [6.07, 6.45) is 3.09. The van der Waals surface area contributed by atoms with Gasteiger partial charge in [-0.05, 0) is 41.5 Å². The van der Waals surface area contributed by atoms with Gasteiger partial charge >= 0.3 is 0 Å². The van der Waals surface area contributed by atoms with Gasteiger partial charge in [-0.2, -0.15) is 0 Å². The second kappa shape index (κ2) is 7.41. The van der Waals surface area contributed by atoms with Crippen LogP contribution in [0.4, 0.5) is 0 Å². The van der Waals surface area contributed by atoms with E-state index in [0.717, 1.165) is 11.1 Å². The molecule has 120 valence electrons. The van der Waals surface area contributed by atoms with Crippen molar-refractivity contribution >= 4 is 33.6 Å². The molecule has 0 radical (unpaired) electrons. The lowest BCUT2D eigenvalue weighted by molar-refractivity contribution is -0.116. The van der Waals surface area contributed by atoms with Crippen LogP contribution in [0.3, 0.4) is 0 Å². The third-order valence-corrected chi connectivity index (χ3v) is 4.20. The fraction of sp³-hybridized carbons (Fsp3) is 0.0625. The molecule has 0 aliphatic carbocycles. The highest BCUT2D eigenvalue weighted by Crippen LogP contribution is 2.11. The van der Waals surface area contributed by atoms with Gasteiger partial charge in [-0.1, -0.05) is 35.9 Å². The number of sulfonamides is 1. The first-order valence-corrected chi connectivity index (χ1v) is 8.60.